The number of allylic oxidation sites excluding steroid dienone is 1. The molecule has 0 spiro atoms. The van der Waals surface area contributed by atoms with E-state index in [1.807, 2.05) is 42.5 Å². The van der Waals surface area contributed by atoms with Crippen molar-refractivity contribution in [3.8, 4) is 0 Å². The summed E-state index contributed by atoms with van der Waals surface area (Å²) in [4.78, 5) is 35.5. The van der Waals surface area contributed by atoms with Gasteiger partial charge in [-0.25, -0.2) is 9.79 Å². The fourth-order valence-electron chi connectivity index (χ4n) is 3.35. The van der Waals surface area contributed by atoms with Gasteiger partial charge in [-0.2, -0.15) is 0 Å². The molecule has 1 unspecified atom stereocenters. The number of pyridine rings is 1. The van der Waals surface area contributed by atoms with Crippen LogP contribution in [0.25, 0.3) is 6.08 Å². The number of fused-ring (bicyclic) bond motifs is 1. The number of thiazole rings is 1. The zero-order valence-corrected chi connectivity index (χ0v) is 18.7. The van der Waals surface area contributed by atoms with Gasteiger partial charge in [0.15, 0.2) is 4.80 Å². The van der Waals surface area contributed by atoms with Gasteiger partial charge in [-0.05, 0) is 49.8 Å². The Morgan fingerprint density at radius 2 is 2.03 bits per heavy atom. The minimum atomic E-state index is -0.612. The first kappa shape index (κ1) is 20.4. The minimum Gasteiger partial charge on any atom is -0.463 e. The van der Waals surface area contributed by atoms with E-state index in [0.717, 1.165) is 10.0 Å². The quantitative estimate of drug-likeness (QED) is 0.534. The molecule has 1 aliphatic rings. The molecular weight excluding hydrogens is 466 g/mol. The van der Waals surface area contributed by atoms with E-state index in [4.69, 9.17) is 4.74 Å². The lowest BCUT2D eigenvalue weighted by Gasteiger charge is -2.24. The van der Waals surface area contributed by atoms with Crippen molar-refractivity contribution in [2.45, 2.75) is 19.9 Å². The molecular formula is C22H18BrN3O3S. The molecule has 8 heteroatoms. The maximum Gasteiger partial charge on any atom is 0.338 e. The van der Waals surface area contributed by atoms with Crippen molar-refractivity contribution in [2.24, 2.45) is 4.99 Å². The highest BCUT2D eigenvalue weighted by atomic mass is 79.9. The molecule has 152 valence electrons. The van der Waals surface area contributed by atoms with Crippen LogP contribution >= 0.6 is 27.3 Å². The van der Waals surface area contributed by atoms with Gasteiger partial charge in [-0.1, -0.05) is 45.5 Å². The standard InChI is InChI=1S/C22H18BrN3O3S/c1-3-29-21(28)18-13(2)25-22-26(19(18)14-7-9-15(23)10-8-14)20(27)17(30-22)12-16-6-4-5-11-24-16/h4-12,19H,3H2,1-2H3. The van der Waals surface area contributed by atoms with Crippen LogP contribution in [0.15, 0.2) is 74.2 Å². The number of rotatable bonds is 4. The van der Waals surface area contributed by atoms with Gasteiger partial charge in [0.1, 0.15) is 0 Å². The number of benzene rings is 1. The number of ether oxygens (including phenoxy) is 1. The number of carbonyl (C=O) groups excluding carboxylic acids is 1. The van der Waals surface area contributed by atoms with Crippen molar-refractivity contribution in [2.75, 3.05) is 6.61 Å². The summed E-state index contributed by atoms with van der Waals surface area (Å²) in [7, 11) is 0. The number of aromatic nitrogens is 2. The third-order valence-corrected chi connectivity index (χ3v) is 6.18. The molecule has 1 atom stereocenters. The Hall–Kier alpha value is -2.84. The molecule has 1 aliphatic heterocycles. The molecule has 6 nitrogen and oxygen atoms in total. The van der Waals surface area contributed by atoms with Crippen molar-refractivity contribution in [1.82, 2.24) is 9.55 Å². The van der Waals surface area contributed by atoms with Gasteiger partial charge >= 0.3 is 5.97 Å². The molecule has 0 fully saturated rings. The van der Waals surface area contributed by atoms with Crippen molar-refractivity contribution in [3.05, 3.63) is 95.3 Å². The van der Waals surface area contributed by atoms with E-state index in [2.05, 4.69) is 25.9 Å². The summed E-state index contributed by atoms with van der Waals surface area (Å²) in [5.74, 6) is -0.467. The third-order valence-electron chi connectivity index (χ3n) is 4.67. The summed E-state index contributed by atoms with van der Waals surface area (Å²) < 4.78 is 8.28. The lowest BCUT2D eigenvalue weighted by atomic mass is 9.96. The highest BCUT2D eigenvalue weighted by Crippen LogP contribution is 2.31. The monoisotopic (exact) mass is 483 g/mol. The first-order valence-corrected chi connectivity index (χ1v) is 11.0. The van der Waals surface area contributed by atoms with E-state index in [1.165, 1.54) is 11.3 Å². The lowest BCUT2D eigenvalue weighted by molar-refractivity contribution is -0.139. The molecule has 0 bridgehead atoms. The van der Waals surface area contributed by atoms with Gasteiger partial charge in [-0.15, -0.1) is 0 Å². The largest absolute Gasteiger partial charge is 0.463 e. The van der Waals surface area contributed by atoms with E-state index >= 15 is 0 Å². The fraction of sp³-hybridized carbons (Fsp3) is 0.182. The molecule has 0 saturated carbocycles. The number of halogens is 1. The smallest absolute Gasteiger partial charge is 0.338 e. The molecule has 1 aromatic carbocycles. The third kappa shape index (κ3) is 3.80. The molecule has 4 rings (SSSR count). The first-order chi connectivity index (χ1) is 14.5. The van der Waals surface area contributed by atoms with Crippen molar-refractivity contribution >= 4 is 39.3 Å². The molecule has 0 saturated heterocycles. The molecule has 0 amide bonds. The predicted molar refractivity (Wildman–Crippen MR) is 119 cm³/mol. The molecule has 2 aromatic heterocycles. The summed E-state index contributed by atoms with van der Waals surface area (Å²) in [6.45, 7) is 3.77. The van der Waals surface area contributed by atoms with Crippen LogP contribution in [-0.4, -0.2) is 22.1 Å². The SMILES string of the molecule is CCOC(=O)C1=C(C)N=c2sc(=Cc3ccccn3)c(=O)n2C1c1ccc(Br)cc1. The van der Waals surface area contributed by atoms with Crippen molar-refractivity contribution < 1.29 is 9.53 Å². The molecule has 3 heterocycles. The molecule has 30 heavy (non-hydrogen) atoms. The molecule has 0 aliphatic carbocycles. The Bertz CT molecular complexity index is 1310. The van der Waals surface area contributed by atoms with Crippen LogP contribution in [0.3, 0.4) is 0 Å². The summed E-state index contributed by atoms with van der Waals surface area (Å²) in [5.41, 5.74) is 2.19. The van der Waals surface area contributed by atoms with Gasteiger partial charge in [-0.3, -0.25) is 14.3 Å². The molecule has 0 radical (unpaired) electrons. The van der Waals surface area contributed by atoms with Crippen LogP contribution < -0.4 is 14.9 Å². The van der Waals surface area contributed by atoms with Gasteiger partial charge in [0.25, 0.3) is 5.56 Å². The average molecular weight is 484 g/mol. The van der Waals surface area contributed by atoms with Crippen LogP contribution in [0.5, 0.6) is 0 Å². The highest BCUT2D eigenvalue weighted by Gasteiger charge is 2.33. The van der Waals surface area contributed by atoms with Gasteiger partial charge in [0.05, 0.1) is 34.1 Å². The normalized spacial score (nSPS) is 16.2. The average Bonchev–Trinajstić information content (AvgIpc) is 3.03. The first-order valence-electron chi connectivity index (χ1n) is 9.35. The van der Waals surface area contributed by atoms with Crippen molar-refractivity contribution in [3.63, 3.8) is 0 Å². The Morgan fingerprint density at radius 1 is 1.27 bits per heavy atom. The van der Waals surface area contributed by atoms with Crippen LogP contribution in [0, 0.1) is 0 Å². The van der Waals surface area contributed by atoms with E-state index in [1.54, 1.807) is 30.7 Å². The van der Waals surface area contributed by atoms with E-state index in [9.17, 15) is 9.59 Å². The molecule has 0 N–H and O–H groups in total. The Kier molecular flexibility index (Phi) is 5.78. The number of hydrogen-bond donors (Lipinski definition) is 0. The van der Waals surface area contributed by atoms with Crippen LogP contribution in [0.1, 0.15) is 31.1 Å². The van der Waals surface area contributed by atoms with Gasteiger partial charge < -0.3 is 4.74 Å². The van der Waals surface area contributed by atoms with E-state index < -0.39 is 12.0 Å². The predicted octanol–water partition coefficient (Wildman–Crippen LogP) is 2.96. The van der Waals surface area contributed by atoms with E-state index in [0.29, 0.717) is 26.3 Å². The summed E-state index contributed by atoms with van der Waals surface area (Å²) >= 11 is 4.72. The number of carbonyl (C=O) groups is 1. The second-order valence-corrected chi connectivity index (χ2v) is 8.53. The molecule has 3 aromatic rings. The maximum atomic E-state index is 13.4. The highest BCUT2D eigenvalue weighted by molar-refractivity contribution is 9.10. The Morgan fingerprint density at radius 3 is 2.70 bits per heavy atom. The zero-order valence-electron chi connectivity index (χ0n) is 16.3. The number of esters is 1. The number of nitrogens with zero attached hydrogens (tertiary/aromatic N) is 3. The fourth-order valence-corrected chi connectivity index (χ4v) is 4.64. The zero-order chi connectivity index (χ0) is 21.3. The van der Waals surface area contributed by atoms with Crippen LogP contribution in [-0.2, 0) is 9.53 Å². The second kappa shape index (κ2) is 8.49. The summed E-state index contributed by atoms with van der Waals surface area (Å²) in [5, 5.41) is 0. The Labute approximate surface area is 185 Å². The maximum absolute atomic E-state index is 13.4. The lowest BCUT2D eigenvalue weighted by Crippen LogP contribution is -2.39. The minimum absolute atomic E-state index is 0.216. The van der Waals surface area contributed by atoms with Gasteiger partial charge in [0, 0.05) is 10.7 Å². The second-order valence-electron chi connectivity index (χ2n) is 6.61. The van der Waals surface area contributed by atoms with Crippen LogP contribution in [0.4, 0.5) is 0 Å². The number of hydrogen-bond acceptors (Lipinski definition) is 6. The van der Waals surface area contributed by atoms with Crippen molar-refractivity contribution in [1.29, 1.82) is 0 Å². The topological polar surface area (TPSA) is 73.6 Å². The Balaban J connectivity index is 1.96. The summed E-state index contributed by atoms with van der Waals surface area (Å²) in [6, 6.07) is 12.5. The van der Waals surface area contributed by atoms with Gasteiger partial charge in [0.2, 0.25) is 0 Å². The van der Waals surface area contributed by atoms with Crippen LogP contribution in [0.2, 0.25) is 0 Å². The van der Waals surface area contributed by atoms with E-state index in [-0.39, 0.29) is 12.2 Å². The summed E-state index contributed by atoms with van der Waals surface area (Å²) in [6.07, 6.45) is 3.42.